The van der Waals surface area contributed by atoms with Gasteiger partial charge in [-0.15, -0.1) is 6.42 Å². The van der Waals surface area contributed by atoms with Gasteiger partial charge in [0.2, 0.25) is 11.8 Å². The summed E-state index contributed by atoms with van der Waals surface area (Å²) in [6.07, 6.45) is 5.63. The van der Waals surface area contributed by atoms with Crippen molar-refractivity contribution in [3.63, 3.8) is 0 Å². The summed E-state index contributed by atoms with van der Waals surface area (Å²) >= 11 is 0. The summed E-state index contributed by atoms with van der Waals surface area (Å²) in [7, 11) is 0. The maximum atomic E-state index is 13.6. The second-order valence-electron chi connectivity index (χ2n) is 9.25. The minimum Gasteiger partial charge on any atom is -0.444 e. The third-order valence-corrected chi connectivity index (χ3v) is 5.38. The zero-order valence-electron chi connectivity index (χ0n) is 21.1. The Morgan fingerprint density at radius 1 is 1.03 bits per heavy atom. The molecule has 0 aliphatic carbocycles. The number of ether oxygens (including phenoxy) is 1. The Morgan fingerprint density at radius 2 is 1.66 bits per heavy atom. The summed E-state index contributed by atoms with van der Waals surface area (Å²) in [5, 5.41) is 5.45. The highest BCUT2D eigenvalue weighted by Crippen LogP contribution is 2.28. The first-order valence-electron chi connectivity index (χ1n) is 11.7. The third kappa shape index (κ3) is 8.18. The summed E-state index contributed by atoms with van der Waals surface area (Å²) in [6, 6.07) is 15.3. The van der Waals surface area contributed by atoms with Crippen LogP contribution in [0.5, 0.6) is 0 Å². The van der Waals surface area contributed by atoms with E-state index in [2.05, 4.69) is 16.6 Å². The van der Waals surface area contributed by atoms with E-state index >= 15 is 0 Å². The molecule has 2 N–H and O–H groups in total. The van der Waals surface area contributed by atoms with Crippen LogP contribution in [0.25, 0.3) is 0 Å². The molecular formula is C28H35N3O4. The second-order valence-corrected chi connectivity index (χ2v) is 9.25. The largest absolute Gasteiger partial charge is 0.444 e. The summed E-state index contributed by atoms with van der Waals surface area (Å²) in [5.74, 6) is 1.85. The molecule has 0 aliphatic rings. The van der Waals surface area contributed by atoms with Crippen LogP contribution < -0.4 is 10.6 Å². The van der Waals surface area contributed by atoms with Gasteiger partial charge in [-0.05, 0) is 51.3 Å². The summed E-state index contributed by atoms with van der Waals surface area (Å²) in [6.45, 7) is 8.99. The Bertz CT molecular complexity index is 1050. The number of rotatable bonds is 9. The molecule has 0 fully saturated rings. The first kappa shape index (κ1) is 27.5. The number of carbonyl (C=O) groups excluding carboxylic acids is 3. The van der Waals surface area contributed by atoms with E-state index in [0.29, 0.717) is 24.1 Å². The van der Waals surface area contributed by atoms with Crippen LogP contribution in [0.15, 0.2) is 54.6 Å². The molecule has 0 aliphatic heterocycles. The predicted octanol–water partition coefficient (Wildman–Crippen LogP) is 4.18. The predicted molar refractivity (Wildman–Crippen MR) is 136 cm³/mol. The number of benzene rings is 2. The van der Waals surface area contributed by atoms with Crippen LogP contribution in [0.4, 0.5) is 4.79 Å². The molecule has 0 saturated heterocycles. The van der Waals surface area contributed by atoms with Gasteiger partial charge >= 0.3 is 6.09 Å². The lowest BCUT2D eigenvalue weighted by Crippen LogP contribution is -2.51. The lowest BCUT2D eigenvalue weighted by molar-refractivity contribution is -0.142. The van der Waals surface area contributed by atoms with Gasteiger partial charge in [0.05, 0.1) is 0 Å². The van der Waals surface area contributed by atoms with Gasteiger partial charge in [-0.2, -0.15) is 0 Å². The maximum Gasteiger partial charge on any atom is 0.408 e. The van der Waals surface area contributed by atoms with Crippen molar-refractivity contribution in [2.45, 2.75) is 65.3 Å². The number of nitrogens with zero attached hydrogens (tertiary/aromatic N) is 1. The quantitative estimate of drug-likeness (QED) is 0.531. The van der Waals surface area contributed by atoms with E-state index in [-0.39, 0.29) is 18.5 Å². The van der Waals surface area contributed by atoms with E-state index in [9.17, 15) is 14.4 Å². The Labute approximate surface area is 208 Å². The van der Waals surface area contributed by atoms with Crippen LogP contribution in [-0.2, 0) is 20.9 Å². The summed E-state index contributed by atoms with van der Waals surface area (Å²) in [5.41, 5.74) is 1.30. The van der Waals surface area contributed by atoms with E-state index < -0.39 is 23.6 Å². The van der Waals surface area contributed by atoms with Gasteiger partial charge < -0.3 is 20.3 Å². The molecule has 0 spiro atoms. The molecule has 0 aromatic heterocycles. The van der Waals surface area contributed by atoms with E-state index in [1.807, 2.05) is 44.2 Å². The first-order valence-corrected chi connectivity index (χ1v) is 11.7. The Hall–Kier alpha value is -3.79. The first-order chi connectivity index (χ1) is 16.6. The molecule has 0 heterocycles. The number of alkyl carbamates (subject to hydrolysis) is 1. The Kier molecular flexibility index (Phi) is 9.89. The fourth-order valence-electron chi connectivity index (χ4n) is 3.56. The second kappa shape index (κ2) is 12.6. The molecule has 7 nitrogen and oxygen atoms in total. The van der Waals surface area contributed by atoms with Crippen molar-refractivity contribution in [1.29, 1.82) is 0 Å². The highest BCUT2D eigenvalue weighted by molar-refractivity contribution is 5.91. The summed E-state index contributed by atoms with van der Waals surface area (Å²) in [4.78, 5) is 40.7. The van der Waals surface area contributed by atoms with Crippen LogP contribution in [0.1, 0.15) is 63.8 Å². The van der Waals surface area contributed by atoms with Gasteiger partial charge in [-0.25, -0.2) is 4.79 Å². The summed E-state index contributed by atoms with van der Waals surface area (Å²) < 4.78 is 5.24. The molecule has 35 heavy (non-hydrogen) atoms. The molecule has 0 saturated carbocycles. The fourth-order valence-corrected chi connectivity index (χ4v) is 3.56. The highest BCUT2D eigenvalue weighted by Gasteiger charge is 2.35. The van der Waals surface area contributed by atoms with Gasteiger partial charge in [-0.1, -0.05) is 61.4 Å². The van der Waals surface area contributed by atoms with Crippen molar-refractivity contribution in [2.75, 3.05) is 6.54 Å². The molecule has 2 unspecified atom stereocenters. The van der Waals surface area contributed by atoms with Gasteiger partial charge in [0.1, 0.15) is 18.2 Å². The molecule has 186 valence electrons. The Morgan fingerprint density at radius 3 is 2.26 bits per heavy atom. The van der Waals surface area contributed by atoms with E-state index in [1.54, 1.807) is 45.0 Å². The third-order valence-electron chi connectivity index (χ3n) is 5.38. The van der Waals surface area contributed by atoms with E-state index in [1.165, 1.54) is 4.90 Å². The van der Waals surface area contributed by atoms with Crippen molar-refractivity contribution in [2.24, 2.45) is 0 Å². The van der Waals surface area contributed by atoms with Crippen molar-refractivity contribution < 1.29 is 19.1 Å². The van der Waals surface area contributed by atoms with Crippen molar-refractivity contribution in [1.82, 2.24) is 15.5 Å². The van der Waals surface area contributed by atoms with Gasteiger partial charge in [-0.3, -0.25) is 9.59 Å². The Balaban J connectivity index is 2.38. The number of hydrogen-bond acceptors (Lipinski definition) is 4. The van der Waals surface area contributed by atoms with Crippen LogP contribution in [0.3, 0.4) is 0 Å². The SMILES string of the molecule is C#Cc1ccccc1C(C(=O)NCc1ccccc1)N(C(=O)CNC(=O)OC(C)(C)C)C(C)CC. The standard InChI is InChI=1S/C28H35N3O4/c1-7-20(3)31(24(32)19-30-27(34)35-28(4,5)6)25(23-17-13-12-16-22(23)8-2)26(33)29-18-21-14-10-9-11-15-21/h2,9-17,20,25H,7,18-19H2,1,3-6H3,(H,29,33)(H,30,34). The normalized spacial score (nSPS) is 12.6. The average Bonchev–Trinajstić information content (AvgIpc) is 2.83. The molecular weight excluding hydrogens is 442 g/mol. The molecule has 0 bridgehead atoms. The van der Waals surface area contributed by atoms with Crippen LogP contribution in [0.2, 0.25) is 0 Å². The average molecular weight is 478 g/mol. The maximum absolute atomic E-state index is 13.6. The van der Waals surface area contributed by atoms with Crippen molar-refractivity contribution >= 4 is 17.9 Å². The monoisotopic (exact) mass is 477 g/mol. The molecule has 0 radical (unpaired) electrons. The van der Waals surface area contributed by atoms with Crippen LogP contribution >= 0.6 is 0 Å². The van der Waals surface area contributed by atoms with Gasteiger partial charge in [0.25, 0.3) is 0 Å². The zero-order chi connectivity index (χ0) is 26.0. The van der Waals surface area contributed by atoms with E-state index in [4.69, 9.17) is 11.2 Å². The molecule has 2 aromatic rings. The number of carbonyl (C=O) groups is 3. The molecule has 2 rings (SSSR count). The van der Waals surface area contributed by atoms with Gasteiger partial charge in [0.15, 0.2) is 0 Å². The minimum atomic E-state index is -0.978. The minimum absolute atomic E-state index is 0.299. The van der Waals surface area contributed by atoms with Crippen molar-refractivity contribution in [3.8, 4) is 12.3 Å². The number of hydrogen-bond donors (Lipinski definition) is 2. The van der Waals surface area contributed by atoms with Crippen molar-refractivity contribution in [3.05, 3.63) is 71.3 Å². The van der Waals surface area contributed by atoms with Crippen LogP contribution in [-0.4, -0.2) is 41.0 Å². The number of amides is 3. The van der Waals surface area contributed by atoms with Crippen LogP contribution in [0, 0.1) is 12.3 Å². The van der Waals surface area contributed by atoms with E-state index in [0.717, 1.165) is 5.56 Å². The molecule has 3 amide bonds. The smallest absolute Gasteiger partial charge is 0.408 e. The molecule has 2 atom stereocenters. The fraction of sp³-hybridized carbons (Fsp3) is 0.393. The molecule has 7 heteroatoms. The topological polar surface area (TPSA) is 87.7 Å². The lowest BCUT2D eigenvalue weighted by atomic mass is 9.96. The molecule has 2 aromatic carbocycles. The lowest BCUT2D eigenvalue weighted by Gasteiger charge is -2.36. The van der Waals surface area contributed by atoms with Gasteiger partial charge in [0, 0.05) is 18.2 Å². The number of terminal acetylenes is 1. The highest BCUT2D eigenvalue weighted by atomic mass is 16.6. The zero-order valence-corrected chi connectivity index (χ0v) is 21.1. The number of nitrogens with one attached hydrogen (secondary N) is 2.